The molecule has 0 amide bonds. The van der Waals surface area contributed by atoms with Crippen LogP contribution in [0.5, 0.6) is 0 Å². The molecular weight excluding hydrogens is 216 g/mol. The first-order valence-electron chi connectivity index (χ1n) is 4.81. The second-order valence-electron chi connectivity index (χ2n) is 3.12. The van der Waals surface area contributed by atoms with Crippen LogP contribution < -0.4 is 0 Å². The monoisotopic (exact) mass is 228 g/mol. The number of aromatic nitrogens is 2. The summed E-state index contributed by atoms with van der Waals surface area (Å²) in [5, 5.41) is 0.346. The molecule has 82 valence electrons. The van der Waals surface area contributed by atoms with Gasteiger partial charge >= 0.3 is 5.97 Å². The van der Waals surface area contributed by atoms with Gasteiger partial charge in [-0.15, -0.1) is 0 Å². The number of carbonyl (C=O) groups is 1. The number of hydrogen-bond acceptors (Lipinski definition) is 4. The van der Waals surface area contributed by atoms with Crippen molar-refractivity contribution in [2.45, 2.75) is 32.8 Å². The van der Waals surface area contributed by atoms with E-state index in [4.69, 9.17) is 16.3 Å². The highest BCUT2D eigenvalue weighted by Crippen LogP contribution is 2.14. The normalized spacial score (nSPS) is 12.2. The highest BCUT2D eigenvalue weighted by atomic mass is 35.5. The lowest BCUT2D eigenvalue weighted by Crippen LogP contribution is -2.10. The molecule has 0 radical (unpaired) electrons. The number of hydrogen-bond donors (Lipinski definition) is 0. The summed E-state index contributed by atoms with van der Waals surface area (Å²) in [4.78, 5) is 19.1. The highest BCUT2D eigenvalue weighted by molar-refractivity contribution is 6.29. The molecule has 0 saturated heterocycles. The summed E-state index contributed by atoms with van der Waals surface area (Å²) in [6, 6.07) is 1.58. The second kappa shape index (κ2) is 5.66. The van der Waals surface area contributed by atoms with Crippen LogP contribution in [0.15, 0.2) is 12.3 Å². The van der Waals surface area contributed by atoms with Gasteiger partial charge in [0.15, 0.2) is 11.9 Å². The maximum atomic E-state index is 11.2. The van der Waals surface area contributed by atoms with Crippen molar-refractivity contribution >= 4 is 17.6 Å². The highest BCUT2D eigenvalue weighted by Gasteiger charge is 2.13. The number of nitrogens with zero attached hydrogens (tertiary/aromatic N) is 2. The van der Waals surface area contributed by atoms with Crippen LogP contribution in [0, 0.1) is 0 Å². The van der Waals surface area contributed by atoms with E-state index >= 15 is 0 Å². The van der Waals surface area contributed by atoms with Gasteiger partial charge in [0.25, 0.3) is 0 Å². The number of halogens is 1. The molecule has 4 nitrogen and oxygen atoms in total. The summed E-state index contributed by atoms with van der Waals surface area (Å²) in [5.41, 5.74) is 0. The van der Waals surface area contributed by atoms with Gasteiger partial charge < -0.3 is 4.74 Å². The van der Waals surface area contributed by atoms with E-state index in [0.717, 1.165) is 6.42 Å². The van der Waals surface area contributed by atoms with Crippen LogP contribution in [0.4, 0.5) is 0 Å². The van der Waals surface area contributed by atoms with Gasteiger partial charge in [-0.05, 0) is 19.4 Å². The molecule has 0 unspecified atom stereocenters. The molecule has 0 aliphatic rings. The van der Waals surface area contributed by atoms with E-state index in [1.54, 1.807) is 13.0 Å². The van der Waals surface area contributed by atoms with Crippen LogP contribution in [0.2, 0.25) is 5.15 Å². The Morgan fingerprint density at radius 1 is 1.67 bits per heavy atom. The number of ether oxygens (including phenoxy) is 1. The second-order valence-corrected chi connectivity index (χ2v) is 3.51. The third-order valence-corrected chi connectivity index (χ3v) is 1.98. The molecule has 0 spiro atoms. The SMILES string of the molecule is CCCC(=O)O[C@@H](C)c1nccc(Cl)n1. The zero-order valence-corrected chi connectivity index (χ0v) is 9.49. The molecular formula is C10H13ClN2O2. The van der Waals surface area contributed by atoms with Gasteiger partial charge in [0.05, 0.1) is 0 Å². The third kappa shape index (κ3) is 3.83. The third-order valence-electron chi connectivity index (χ3n) is 1.77. The van der Waals surface area contributed by atoms with E-state index < -0.39 is 6.10 Å². The topological polar surface area (TPSA) is 52.1 Å². The Bertz CT molecular complexity index is 344. The Morgan fingerprint density at radius 2 is 2.40 bits per heavy atom. The first kappa shape index (κ1) is 11.9. The minimum absolute atomic E-state index is 0.242. The molecule has 1 rings (SSSR count). The van der Waals surface area contributed by atoms with Gasteiger partial charge in [-0.3, -0.25) is 4.79 Å². The molecule has 0 N–H and O–H groups in total. The molecule has 0 bridgehead atoms. The molecule has 0 aromatic carbocycles. The average Bonchev–Trinajstić information content (AvgIpc) is 2.18. The van der Waals surface area contributed by atoms with Crippen LogP contribution in [0.3, 0.4) is 0 Å². The molecule has 5 heteroatoms. The van der Waals surface area contributed by atoms with Gasteiger partial charge in [-0.2, -0.15) is 0 Å². The molecule has 0 aliphatic carbocycles. The van der Waals surface area contributed by atoms with Crippen molar-refractivity contribution in [3.8, 4) is 0 Å². The Balaban J connectivity index is 2.60. The van der Waals surface area contributed by atoms with E-state index in [9.17, 15) is 4.79 Å². The lowest BCUT2D eigenvalue weighted by Gasteiger charge is -2.11. The van der Waals surface area contributed by atoms with Gasteiger partial charge in [-0.1, -0.05) is 18.5 Å². The van der Waals surface area contributed by atoms with Crippen LogP contribution in [-0.2, 0) is 9.53 Å². The molecule has 0 saturated carbocycles. The van der Waals surface area contributed by atoms with Crippen molar-refractivity contribution < 1.29 is 9.53 Å². The standard InChI is InChI=1S/C10H13ClN2O2/c1-3-4-9(14)15-7(2)10-12-6-5-8(11)13-10/h5-7H,3-4H2,1-2H3/t7-/m0/s1. The minimum Gasteiger partial charge on any atom is -0.454 e. The predicted octanol–water partition coefficient (Wildman–Crippen LogP) is 2.53. The van der Waals surface area contributed by atoms with Crippen molar-refractivity contribution in [2.24, 2.45) is 0 Å². The number of rotatable bonds is 4. The smallest absolute Gasteiger partial charge is 0.306 e. The van der Waals surface area contributed by atoms with Crippen LogP contribution in [0.1, 0.15) is 38.6 Å². The molecule has 1 aromatic rings. The Morgan fingerprint density at radius 3 is 3.00 bits per heavy atom. The molecule has 0 aliphatic heterocycles. The molecule has 1 heterocycles. The van der Waals surface area contributed by atoms with E-state index in [2.05, 4.69) is 9.97 Å². The fraction of sp³-hybridized carbons (Fsp3) is 0.500. The summed E-state index contributed by atoms with van der Waals surface area (Å²) >= 11 is 5.70. The Labute approximate surface area is 93.6 Å². The largest absolute Gasteiger partial charge is 0.454 e. The summed E-state index contributed by atoms with van der Waals surface area (Å²) < 4.78 is 5.11. The van der Waals surface area contributed by atoms with Crippen molar-refractivity contribution in [1.29, 1.82) is 0 Å². The summed E-state index contributed by atoms with van der Waals surface area (Å²) in [6.45, 7) is 3.64. The quantitative estimate of drug-likeness (QED) is 0.587. The molecule has 0 fully saturated rings. The number of esters is 1. The lowest BCUT2D eigenvalue weighted by atomic mass is 10.3. The van der Waals surface area contributed by atoms with E-state index in [0.29, 0.717) is 17.4 Å². The summed E-state index contributed by atoms with van der Waals surface area (Å²) in [6.07, 6.45) is 2.25. The van der Waals surface area contributed by atoms with Crippen molar-refractivity contribution in [1.82, 2.24) is 9.97 Å². The fourth-order valence-electron chi connectivity index (χ4n) is 1.06. The van der Waals surface area contributed by atoms with E-state index in [1.165, 1.54) is 6.20 Å². The lowest BCUT2D eigenvalue weighted by molar-refractivity contribution is -0.149. The zero-order valence-electron chi connectivity index (χ0n) is 8.74. The maximum absolute atomic E-state index is 11.2. The Kier molecular flexibility index (Phi) is 4.49. The zero-order chi connectivity index (χ0) is 11.3. The van der Waals surface area contributed by atoms with Crippen molar-refractivity contribution in [3.63, 3.8) is 0 Å². The summed E-state index contributed by atoms with van der Waals surface area (Å²) in [7, 11) is 0. The Hall–Kier alpha value is -1.16. The van der Waals surface area contributed by atoms with Crippen molar-refractivity contribution in [3.05, 3.63) is 23.2 Å². The van der Waals surface area contributed by atoms with E-state index in [1.807, 2.05) is 6.92 Å². The number of carbonyl (C=O) groups excluding carboxylic acids is 1. The minimum atomic E-state index is -0.456. The maximum Gasteiger partial charge on any atom is 0.306 e. The van der Waals surface area contributed by atoms with Crippen LogP contribution in [-0.4, -0.2) is 15.9 Å². The van der Waals surface area contributed by atoms with Gasteiger partial charge in [0.2, 0.25) is 0 Å². The van der Waals surface area contributed by atoms with Crippen LogP contribution in [0.25, 0.3) is 0 Å². The fourth-order valence-corrected chi connectivity index (χ4v) is 1.20. The molecule has 15 heavy (non-hydrogen) atoms. The predicted molar refractivity (Wildman–Crippen MR) is 56.5 cm³/mol. The first-order valence-corrected chi connectivity index (χ1v) is 5.19. The summed E-state index contributed by atoms with van der Waals surface area (Å²) in [5.74, 6) is 0.181. The first-order chi connectivity index (χ1) is 7.13. The molecule has 1 atom stereocenters. The van der Waals surface area contributed by atoms with E-state index in [-0.39, 0.29) is 5.97 Å². The van der Waals surface area contributed by atoms with Crippen LogP contribution >= 0.6 is 11.6 Å². The van der Waals surface area contributed by atoms with Gasteiger partial charge in [0, 0.05) is 12.6 Å². The average molecular weight is 229 g/mol. The molecule has 1 aromatic heterocycles. The van der Waals surface area contributed by atoms with Crippen molar-refractivity contribution in [2.75, 3.05) is 0 Å². The van der Waals surface area contributed by atoms with Gasteiger partial charge in [0.1, 0.15) is 5.15 Å². The van der Waals surface area contributed by atoms with Gasteiger partial charge in [-0.25, -0.2) is 9.97 Å².